The van der Waals surface area contributed by atoms with Crippen LogP contribution in [0.2, 0.25) is 0 Å². The first-order valence-electron chi connectivity index (χ1n) is 17.7. The van der Waals surface area contributed by atoms with E-state index < -0.39 is 5.66 Å². The SMILES string of the molecule is C=CNCC(=O)N1CC2(CC2)CC1C(C)=N/C=C(\C)c1ccc2cc(-c3ccc(-c4cnc(C5(N)C(CC)CCN5C)[nH]4)cc3)ccc2c1. The number of hydrogen-bond donors (Lipinski definition) is 3. The van der Waals surface area contributed by atoms with Crippen LogP contribution in [0.1, 0.15) is 64.3 Å². The first kappa shape index (κ1) is 33.0. The van der Waals surface area contributed by atoms with Gasteiger partial charge in [0.05, 0.1) is 24.5 Å². The van der Waals surface area contributed by atoms with Crippen molar-refractivity contribution in [2.24, 2.45) is 22.1 Å². The van der Waals surface area contributed by atoms with E-state index in [9.17, 15) is 4.79 Å². The van der Waals surface area contributed by atoms with E-state index in [1.165, 1.54) is 34.7 Å². The highest BCUT2D eigenvalue weighted by Gasteiger charge is 2.53. The van der Waals surface area contributed by atoms with Crippen LogP contribution in [0, 0.1) is 11.3 Å². The molecule has 3 unspecified atom stereocenters. The number of nitrogens with two attached hydrogens (primary N) is 1. The maximum atomic E-state index is 12.9. The number of benzene rings is 3. The Hall–Kier alpha value is -4.53. The van der Waals surface area contributed by atoms with Crippen LogP contribution in [0.3, 0.4) is 0 Å². The van der Waals surface area contributed by atoms with Crippen LogP contribution in [0.25, 0.3) is 38.7 Å². The van der Waals surface area contributed by atoms with E-state index in [1.54, 1.807) is 6.20 Å². The fraction of sp³-hybridized carbons (Fsp3) is 0.390. The van der Waals surface area contributed by atoms with Gasteiger partial charge in [0, 0.05) is 25.0 Å². The van der Waals surface area contributed by atoms with Crippen LogP contribution in [0.5, 0.6) is 0 Å². The molecule has 3 aliphatic rings. The fourth-order valence-corrected chi connectivity index (χ4v) is 7.99. The number of H-pyrrole nitrogens is 1. The molecule has 1 saturated carbocycles. The number of carbonyl (C=O) groups is 1. The number of amides is 1. The van der Waals surface area contributed by atoms with Crippen molar-refractivity contribution in [1.29, 1.82) is 0 Å². The maximum absolute atomic E-state index is 12.9. The molecule has 3 aromatic carbocycles. The van der Waals surface area contributed by atoms with E-state index in [4.69, 9.17) is 15.7 Å². The Morgan fingerprint density at radius 2 is 1.80 bits per heavy atom. The first-order valence-corrected chi connectivity index (χ1v) is 17.7. The van der Waals surface area contributed by atoms with Crippen molar-refractivity contribution < 1.29 is 4.79 Å². The van der Waals surface area contributed by atoms with Crippen LogP contribution in [0.4, 0.5) is 0 Å². The zero-order valence-electron chi connectivity index (χ0n) is 29.3. The minimum absolute atomic E-state index is 0.0530. The summed E-state index contributed by atoms with van der Waals surface area (Å²) in [5.74, 6) is 1.34. The van der Waals surface area contributed by atoms with Crippen molar-refractivity contribution in [1.82, 2.24) is 25.1 Å². The van der Waals surface area contributed by atoms with Crippen molar-refractivity contribution in [3.63, 3.8) is 0 Å². The van der Waals surface area contributed by atoms with Gasteiger partial charge in [-0.15, -0.1) is 0 Å². The molecule has 0 bridgehead atoms. The number of nitrogens with one attached hydrogen (secondary N) is 2. The molecule has 4 aromatic rings. The number of nitrogens with zero attached hydrogens (tertiary/aromatic N) is 4. The summed E-state index contributed by atoms with van der Waals surface area (Å²) in [5.41, 5.74) is 14.3. The zero-order chi connectivity index (χ0) is 34.3. The van der Waals surface area contributed by atoms with Crippen LogP contribution >= 0.6 is 0 Å². The lowest BCUT2D eigenvalue weighted by Gasteiger charge is -2.34. The Bertz CT molecular complexity index is 1930. The second-order valence-corrected chi connectivity index (χ2v) is 14.5. The van der Waals surface area contributed by atoms with Gasteiger partial charge in [-0.2, -0.15) is 0 Å². The molecule has 8 heteroatoms. The molecule has 8 nitrogen and oxygen atoms in total. The lowest BCUT2D eigenvalue weighted by Crippen LogP contribution is -2.51. The van der Waals surface area contributed by atoms with Crippen LogP contribution in [-0.2, 0) is 10.5 Å². The highest BCUT2D eigenvalue weighted by Crippen LogP contribution is 2.55. The quantitative estimate of drug-likeness (QED) is 0.156. The molecule has 1 spiro atoms. The number of hydrogen-bond acceptors (Lipinski definition) is 6. The van der Waals surface area contributed by atoms with Crippen molar-refractivity contribution in [2.45, 2.75) is 64.6 Å². The van der Waals surface area contributed by atoms with E-state index in [0.29, 0.717) is 11.3 Å². The summed E-state index contributed by atoms with van der Waals surface area (Å²) in [6, 6.07) is 21.9. The standard InChI is InChI=1S/C41H49N7O/c1-6-35-16-19-47(5)41(35,42)39-45-24-36(46-39)30-10-8-29(9-11-30)32-14-15-33-20-31(12-13-34(33)21-32)27(3)23-44-28(4)37-22-40(17-18-40)26-48(37)38(49)25-43-7-2/h7-15,20-21,23-24,35,37,43H,2,6,16-19,22,25-26,42H2,1,3-5H3,(H,45,46)/b27-23+,44-28?. The largest absolute Gasteiger partial charge is 0.383 e. The highest BCUT2D eigenvalue weighted by molar-refractivity contribution is 5.94. The van der Waals surface area contributed by atoms with Gasteiger partial charge in [0.1, 0.15) is 11.5 Å². The first-order chi connectivity index (χ1) is 23.6. The number of aliphatic imine (C=N–C) groups is 1. The highest BCUT2D eigenvalue weighted by atomic mass is 16.2. The summed E-state index contributed by atoms with van der Waals surface area (Å²) in [4.78, 5) is 30.3. The van der Waals surface area contributed by atoms with E-state index in [2.05, 4.69) is 110 Å². The third-order valence-electron chi connectivity index (χ3n) is 11.5. The van der Waals surface area contributed by atoms with Crippen LogP contribution in [0.15, 0.2) is 90.8 Å². The predicted octanol–water partition coefficient (Wildman–Crippen LogP) is 7.31. The van der Waals surface area contributed by atoms with Gasteiger partial charge in [-0.3, -0.25) is 14.7 Å². The Labute approximate surface area is 290 Å². The molecule has 3 fully saturated rings. The van der Waals surface area contributed by atoms with E-state index in [-0.39, 0.29) is 18.5 Å². The zero-order valence-corrected chi connectivity index (χ0v) is 29.3. The summed E-state index contributed by atoms with van der Waals surface area (Å²) in [6.07, 6.45) is 11.0. The van der Waals surface area contributed by atoms with E-state index in [1.807, 2.05) is 17.3 Å². The number of aromatic nitrogens is 2. The van der Waals surface area contributed by atoms with Crippen molar-refractivity contribution >= 4 is 28.0 Å². The summed E-state index contributed by atoms with van der Waals surface area (Å²) in [5, 5.41) is 5.35. The number of aromatic amines is 1. The Balaban J connectivity index is 1.05. The number of fused-ring (bicyclic) bond motifs is 1. The molecule has 0 radical (unpaired) electrons. The number of allylic oxidation sites excluding steroid dienone is 1. The average molecular weight is 656 g/mol. The van der Waals surface area contributed by atoms with Crippen LogP contribution < -0.4 is 11.1 Å². The number of carbonyl (C=O) groups excluding carboxylic acids is 1. The molecule has 254 valence electrons. The van der Waals surface area contributed by atoms with Crippen molar-refractivity contribution in [3.8, 4) is 22.4 Å². The van der Waals surface area contributed by atoms with Crippen molar-refractivity contribution in [2.75, 3.05) is 26.7 Å². The second kappa shape index (κ2) is 13.1. The molecule has 3 atom stereocenters. The average Bonchev–Trinajstić information content (AvgIpc) is 3.41. The van der Waals surface area contributed by atoms with E-state index >= 15 is 0 Å². The number of likely N-dealkylation sites (tertiary alicyclic amines) is 2. The summed E-state index contributed by atoms with van der Waals surface area (Å²) < 4.78 is 0. The molecule has 49 heavy (non-hydrogen) atoms. The Morgan fingerprint density at radius 3 is 2.53 bits per heavy atom. The minimum atomic E-state index is -0.555. The fourth-order valence-electron chi connectivity index (χ4n) is 7.99. The Morgan fingerprint density at radius 1 is 1.08 bits per heavy atom. The molecule has 7 rings (SSSR count). The van der Waals surface area contributed by atoms with Gasteiger partial charge in [-0.05, 0) is 121 Å². The molecular formula is C41H49N7O. The lowest BCUT2D eigenvalue weighted by atomic mass is 9.91. The van der Waals surface area contributed by atoms with E-state index in [0.717, 1.165) is 66.3 Å². The third kappa shape index (κ3) is 6.24. The topological polar surface area (TPSA) is 103 Å². The normalized spacial score (nSPS) is 23.8. The number of rotatable bonds is 10. The summed E-state index contributed by atoms with van der Waals surface area (Å²) >= 11 is 0. The molecule has 1 amide bonds. The predicted molar refractivity (Wildman–Crippen MR) is 201 cm³/mol. The second-order valence-electron chi connectivity index (χ2n) is 14.5. The van der Waals surface area contributed by atoms with Crippen molar-refractivity contribution in [3.05, 3.63) is 97.2 Å². The maximum Gasteiger partial charge on any atom is 0.242 e. The summed E-state index contributed by atoms with van der Waals surface area (Å²) in [7, 11) is 2.09. The van der Waals surface area contributed by atoms with Gasteiger partial charge < -0.3 is 20.9 Å². The molecule has 3 heterocycles. The minimum Gasteiger partial charge on any atom is -0.383 e. The molecule has 4 N–H and O–H groups in total. The number of imidazole rings is 1. The molecule has 1 aromatic heterocycles. The smallest absolute Gasteiger partial charge is 0.242 e. The molecule has 2 aliphatic heterocycles. The van der Waals surface area contributed by atoms with Gasteiger partial charge in [-0.1, -0.05) is 62.0 Å². The monoisotopic (exact) mass is 655 g/mol. The summed E-state index contributed by atoms with van der Waals surface area (Å²) in [6.45, 7) is 12.1. The molecule has 1 aliphatic carbocycles. The van der Waals surface area contributed by atoms with Gasteiger partial charge in [-0.25, -0.2) is 4.98 Å². The van der Waals surface area contributed by atoms with Gasteiger partial charge in [0.15, 0.2) is 0 Å². The van der Waals surface area contributed by atoms with Crippen LogP contribution in [-0.4, -0.2) is 64.1 Å². The molecular weight excluding hydrogens is 606 g/mol. The Kier molecular flexibility index (Phi) is 8.80. The molecule has 2 saturated heterocycles. The lowest BCUT2D eigenvalue weighted by molar-refractivity contribution is -0.130. The van der Waals surface area contributed by atoms with Gasteiger partial charge >= 0.3 is 0 Å². The third-order valence-corrected chi connectivity index (χ3v) is 11.5. The van der Waals surface area contributed by atoms with Gasteiger partial charge in [0.25, 0.3) is 0 Å². The van der Waals surface area contributed by atoms with Gasteiger partial charge in [0.2, 0.25) is 5.91 Å².